The lowest BCUT2D eigenvalue weighted by Crippen LogP contribution is -2.58. The zero-order valence-corrected chi connectivity index (χ0v) is 16.6. The maximum absolute atomic E-state index is 12.6. The lowest BCUT2D eigenvalue weighted by molar-refractivity contribution is 0.0106. The first-order valence-electron chi connectivity index (χ1n) is 9.40. The van der Waals surface area contributed by atoms with Gasteiger partial charge in [-0.05, 0) is 39.7 Å². The molecule has 1 saturated carbocycles. The number of ether oxygens (including phenoxy) is 2. The highest BCUT2D eigenvalue weighted by molar-refractivity contribution is 5.97. The summed E-state index contributed by atoms with van der Waals surface area (Å²) in [6.07, 6.45) is 3.11. The van der Waals surface area contributed by atoms with Gasteiger partial charge in [0, 0.05) is 19.6 Å². The predicted octanol–water partition coefficient (Wildman–Crippen LogP) is 2.33. The molecule has 1 spiro atoms. The molecule has 1 N–H and O–H groups in total. The number of carbonyl (C=O) groups is 2. The summed E-state index contributed by atoms with van der Waals surface area (Å²) in [6.45, 7) is 7.51. The summed E-state index contributed by atoms with van der Waals surface area (Å²) in [6, 6.07) is 1.72. The molecule has 9 heteroatoms. The van der Waals surface area contributed by atoms with Crippen molar-refractivity contribution >= 4 is 28.9 Å². The van der Waals surface area contributed by atoms with Gasteiger partial charge in [-0.15, -0.1) is 0 Å². The topological polar surface area (TPSA) is 101 Å². The van der Waals surface area contributed by atoms with Crippen LogP contribution in [-0.4, -0.2) is 69.8 Å². The van der Waals surface area contributed by atoms with E-state index in [1.807, 2.05) is 25.7 Å². The smallest absolute Gasteiger partial charge is 0.410 e. The van der Waals surface area contributed by atoms with E-state index in [2.05, 4.69) is 19.9 Å². The van der Waals surface area contributed by atoms with Crippen molar-refractivity contribution in [2.24, 2.45) is 0 Å². The number of esters is 1. The van der Waals surface area contributed by atoms with Crippen LogP contribution in [0.4, 0.5) is 10.6 Å². The molecule has 0 radical (unpaired) electrons. The molecular weight excluding hydrogens is 362 g/mol. The van der Waals surface area contributed by atoms with Crippen LogP contribution in [0.25, 0.3) is 11.0 Å². The van der Waals surface area contributed by atoms with E-state index in [0.717, 1.165) is 24.0 Å². The van der Waals surface area contributed by atoms with E-state index >= 15 is 0 Å². The van der Waals surface area contributed by atoms with Crippen LogP contribution in [0, 0.1) is 0 Å². The van der Waals surface area contributed by atoms with Crippen LogP contribution in [0.3, 0.4) is 0 Å². The molecule has 28 heavy (non-hydrogen) atoms. The van der Waals surface area contributed by atoms with Crippen LogP contribution < -0.4 is 4.90 Å². The molecule has 0 bridgehead atoms. The van der Waals surface area contributed by atoms with Gasteiger partial charge in [0.15, 0.2) is 0 Å². The van der Waals surface area contributed by atoms with E-state index in [-0.39, 0.29) is 11.6 Å². The fourth-order valence-electron chi connectivity index (χ4n) is 3.73. The average molecular weight is 387 g/mol. The van der Waals surface area contributed by atoms with Gasteiger partial charge in [0.25, 0.3) is 0 Å². The van der Waals surface area contributed by atoms with Gasteiger partial charge in [0.1, 0.15) is 29.1 Å². The van der Waals surface area contributed by atoms with Gasteiger partial charge in [0.2, 0.25) is 0 Å². The summed E-state index contributed by atoms with van der Waals surface area (Å²) in [5, 5.41) is 0.768. The second kappa shape index (κ2) is 6.35. The first kappa shape index (κ1) is 18.5. The standard InChI is InChI=1S/C19H25N5O4/c1-18(2,3)28-17(26)24-8-7-23(10-19(24)5-6-19)15-12-9-13(16(25)27-4)22-14(12)20-11-21-15/h9,11H,5-8,10H2,1-4H3,(H,20,21,22). The van der Waals surface area contributed by atoms with Gasteiger partial charge in [-0.1, -0.05) is 0 Å². The number of anilines is 1. The van der Waals surface area contributed by atoms with Crippen molar-refractivity contribution in [3.8, 4) is 0 Å². The lowest BCUT2D eigenvalue weighted by atomic mass is 10.1. The minimum atomic E-state index is -0.515. The number of aromatic nitrogens is 3. The average Bonchev–Trinajstić information content (AvgIpc) is 3.24. The first-order chi connectivity index (χ1) is 13.2. The van der Waals surface area contributed by atoms with Crippen LogP contribution in [-0.2, 0) is 9.47 Å². The van der Waals surface area contributed by atoms with Crippen molar-refractivity contribution in [2.75, 3.05) is 31.6 Å². The number of fused-ring (bicyclic) bond motifs is 1. The van der Waals surface area contributed by atoms with E-state index in [9.17, 15) is 9.59 Å². The Labute approximate surface area is 163 Å². The number of methoxy groups -OCH3 is 1. The molecule has 9 nitrogen and oxygen atoms in total. The third kappa shape index (κ3) is 3.25. The second-order valence-electron chi connectivity index (χ2n) is 8.41. The van der Waals surface area contributed by atoms with Gasteiger partial charge < -0.3 is 19.4 Å². The fourth-order valence-corrected chi connectivity index (χ4v) is 3.73. The van der Waals surface area contributed by atoms with Crippen molar-refractivity contribution in [3.05, 3.63) is 18.1 Å². The third-order valence-corrected chi connectivity index (χ3v) is 5.20. The summed E-state index contributed by atoms with van der Waals surface area (Å²) in [5.74, 6) is 0.309. The predicted molar refractivity (Wildman–Crippen MR) is 102 cm³/mol. The molecule has 1 aliphatic carbocycles. The van der Waals surface area contributed by atoms with Crippen LogP contribution in [0.2, 0.25) is 0 Å². The highest BCUT2D eigenvalue weighted by atomic mass is 16.6. The number of rotatable bonds is 2. The summed E-state index contributed by atoms with van der Waals surface area (Å²) in [7, 11) is 1.34. The summed E-state index contributed by atoms with van der Waals surface area (Å²) in [4.78, 5) is 40.2. The third-order valence-electron chi connectivity index (χ3n) is 5.20. The summed E-state index contributed by atoms with van der Waals surface area (Å²) >= 11 is 0. The van der Waals surface area contributed by atoms with Crippen molar-refractivity contribution in [3.63, 3.8) is 0 Å². The Kier molecular flexibility index (Phi) is 4.20. The Bertz CT molecular complexity index is 928. The maximum Gasteiger partial charge on any atom is 0.410 e. The fraction of sp³-hybridized carbons (Fsp3) is 0.579. The number of nitrogens with one attached hydrogen (secondary N) is 1. The van der Waals surface area contributed by atoms with Crippen LogP contribution in [0.1, 0.15) is 44.1 Å². The molecule has 2 fully saturated rings. The highest BCUT2D eigenvalue weighted by Gasteiger charge is 2.54. The summed E-state index contributed by atoms with van der Waals surface area (Å²) in [5.41, 5.74) is 0.204. The zero-order chi connectivity index (χ0) is 20.1. The van der Waals surface area contributed by atoms with E-state index < -0.39 is 11.6 Å². The van der Waals surface area contributed by atoms with Crippen molar-refractivity contribution in [2.45, 2.75) is 44.8 Å². The summed E-state index contributed by atoms with van der Waals surface area (Å²) < 4.78 is 10.4. The molecule has 4 rings (SSSR count). The van der Waals surface area contributed by atoms with Gasteiger partial charge in [-0.2, -0.15) is 0 Å². The van der Waals surface area contributed by atoms with Crippen LogP contribution in [0.5, 0.6) is 0 Å². The monoisotopic (exact) mass is 387 g/mol. The molecule has 1 amide bonds. The maximum atomic E-state index is 12.6. The number of carbonyl (C=O) groups excluding carboxylic acids is 2. The van der Waals surface area contributed by atoms with Crippen LogP contribution in [0.15, 0.2) is 12.4 Å². The van der Waals surface area contributed by atoms with E-state index in [4.69, 9.17) is 9.47 Å². The van der Waals surface area contributed by atoms with E-state index in [1.165, 1.54) is 13.4 Å². The van der Waals surface area contributed by atoms with Gasteiger partial charge in [-0.25, -0.2) is 19.6 Å². The Morgan fingerprint density at radius 2 is 1.96 bits per heavy atom. The van der Waals surface area contributed by atoms with Crippen molar-refractivity contribution < 1.29 is 19.1 Å². The number of amides is 1. The highest BCUT2D eigenvalue weighted by Crippen LogP contribution is 2.46. The molecule has 2 aliphatic rings. The first-order valence-corrected chi connectivity index (χ1v) is 9.40. The molecule has 0 atom stereocenters. The van der Waals surface area contributed by atoms with Crippen LogP contribution >= 0.6 is 0 Å². The molecule has 1 saturated heterocycles. The molecule has 2 aromatic heterocycles. The Morgan fingerprint density at radius 1 is 1.21 bits per heavy atom. The number of aromatic amines is 1. The number of H-pyrrole nitrogens is 1. The second-order valence-corrected chi connectivity index (χ2v) is 8.41. The Morgan fingerprint density at radius 3 is 2.61 bits per heavy atom. The number of hydrogen-bond donors (Lipinski definition) is 1. The number of nitrogens with zero attached hydrogens (tertiary/aromatic N) is 4. The van der Waals surface area contributed by atoms with Gasteiger partial charge >= 0.3 is 12.1 Å². The quantitative estimate of drug-likeness (QED) is 0.789. The Hall–Kier alpha value is -2.84. The minimum Gasteiger partial charge on any atom is -0.464 e. The number of hydrogen-bond acceptors (Lipinski definition) is 7. The van der Waals surface area contributed by atoms with Gasteiger partial charge in [0.05, 0.1) is 18.0 Å². The number of piperazine rings is 1. The van der Waals surface area contributed by atoms with E-state index in [0.29, 0.717) is 31.0 Å². The van der Waals surface area contributed by atoms with Crippen molar-refractivity contribution in [1.29, 1.82) is 0 Å². The van der Waals surface area contributed by atoms with E-state index in [1.54, 1.807) is 6.07 Å². The van der Waals surface area contributed by atoms with Crippen molar-refractivity contribution in [1.82, 2.24) is 19.9 Å². The largest absolute Gasteiger partial charge is 0.464 e. The minimum absolute atomic E-state index is 0.209. The molecule has 3 heterocycles. The Balaban J connectivity index is 1.59. The zero-order valence-electron chi connectivity index (χ0n) is 16.6. The normalized spacial score (nSPS) is 18.4. The molecule has 2 aromatic rings. The molecule has 1 aliphatic heterocycles. The molecule has 0 unspecified atom stereocenters. The molecular formula is C19H25N5O4. The lowest BCUT2D eigenvalue weighted by Gasteiger charge is -2.42. The SMILES string of the molecule is COC(=O)c1cc2c(N3CCN(C(=O)OC(C)(C)C)C4(CC4)C3)ncnc2[nH]1. The van der Waals surface area contributed by atoms with Gasteiger partial charge in [-0.3, -0.25) is 4.90 Å². The molecule has 0 aromatic carbocycles. The molecule has 150 valence electrons.